The molecule has 2 aliphatic rings. The number of aromatic nitrogens is 1. The van der Waals surface area contributed by atoms with Gasteiger partial charge in [0.2, 0.25) is 5.91 Å². The van der Waals surface area contributed by atoms with Gasteiger partial charge in [0.05, 0.1) is 5.69 Å². The summed E-state index contributed by atoms with van der Waals surface area (Å²) in [5.41, 5.74) is 0.641. The highest BCUT2D eigenvalue weighted by molar-refractivity contribution is 7.14. The molecule has 0 saturated heterocycles. The molecule has 2 aliphatic carbocycles. The van der Waals surface area contributed by atoms with Crippen molar-refractivity contribution in [2.45, 2.75) is 33.1 Å². The lowest BCUT2D eigenvalue weighted by Crippen LogP contribution is -2.44. The van der Waals surface area contributed by atoms with E-state index >= 15 is 0 Å². The maximum absolute atomic E-state index is 12.9. The summed E-state index contributed by atoms with van der Waals surface area (Å²) in [5, 5.41) is 5.40. The SMILES string of the molecule is CC1(C)C(=O)C2(C(=O)Nc3nc(-c4ccccc4)cs3)CCC1C2. The number of nitrogens with one attached hydrogen (secondary N) is 1. The van der Waals surface area contributed by atoms with E-state index in [2.05, 4.69) is 10.3 Å². The average Bonchev–Trinajstić information content (AvgIpc) is 3.26. The number of hydrogen-bond donors (Lipinski definition) is 1. The van der Waals surface area contributed by atoms with Gasteiger partial charge in [-0.1, -0.05) is 44.2 Å². The van der Waals surface area contributed by atoms with Crippen LogP contribution in [0.25, 0.3) is 11.3 Å². The maximum atomic E-state index is 12.9. The number of ketones is 1. The van der Waals surface area contributed by atoms with Gasteiger partial charge in [-0.25, -0.2) is 4.98 Å². The van der Waals surface area contributed by atoms with Gasteiger partial charge < -0.3 is 5.32 Å². The molecule has 1 amide bonds. The summed E-state index contributed by atoms with van der Waals surface area (Å²) in [5.74, 6) is 0.255. The van der Waals surface area contributed by atoms with Crippen molar-refractivity contribution in [1.82, 2.24) is 4.98 Å². The number of carbonyl (C=O) groups excluding carboxylic acids is 2. The van der Waals surface area contributed by atoms with E-state index < -0.39 is 5.41 Å². The van der Waals surface area contributed by atoms with Crippen LogP contribution in [0.15, 0.2) is 35.7 Å². The second-order valence-electron chi connectivity index (χ2n) is 7.43. The van der Waals surface area contributed by atoms with E-state index in [0.717, 1.165) is 17.7 Å². The van der Waals surface area contributed by atoms with Gasteiger partial charge in [0.25, 0.3) is 0 Å². The van der Waals surface area contributed by atoms with Crippen LogP contribution in [-0.4, -0.2) is 16.7 Å². The number of anilines is 1. The number of Topliss-reactive ketones (excluding diaryl/α,β-unsaturated/α-hetero) is 1. The molecule has 2 fully saturated rings. The topological polar surface area (TPSA) is 59.1 Å². The van der Waals surface area contributed by atoms with E-state index in [-0.39, 0.29) is 17.1 Å². The first-order chi connectivity index (χ1) is 11.4. The van der Waals surface area contributed by atoms with Gasteiger partial charge in [-0.3, -0.25) is 9.59 Å². The van der Waals surface area contributed by atoms with E-state index in [0.29, 0.717) is 23.9 Å². The van der Waals surface area contributed by atoms with E-state index in [9.17, 15) is 9.59 Å². The lowest BCUT2D eigenvalue weighted by Gasteiger charge is -2.32. The van der Waals surface area contributed by atoms with Gasteiger partial charge in [0, 0.05) is 16.4 Å². The van der Waals surface area contributed by atoms with Crippen LogP contribution in [0.1, 0.15) is 33.1 Å². The average molecular weight is 340 g/mol. The van der Waals surface area contributed by atoms with Gasteiger partial charge in [-0.2, -0.15) is 0 Å². The van der Waals surface area contributed by atoms with Crippen molar-refractivity contribution < 1.29 is 9.59 Å². The standard InChI is InChI=1S/C19H20N2O2S/c1-18(2)13-8-9-19(10-13,15(18)22)16(23)21-17-20-14(11-24-17)12-6-4-3-5-7-12/h3-7,11,13H,8-10H2,1-2H3,(H,20,21,23). The van der Waals surface area contributed by atoms with E-state index in [4.69, 9.17) is 0 Å². The highest BCUT2D eigenvalue weighted by Crippen LogP contribution is 2.60. The largest absolute Gasteiger partial charge is 0.301 e. The van der Waals surface area contributed by atoms with E-state index in [1.165, 1.54) is 11.3 Å². The molecule has 24 heavy (non-hydrogen) atoms. The molecule has 1 heterocycles. The number of hydrogen-bond acceptors (Lipinski definition) is 4. The Kier molecular flexibility index (Phi) is 3.39. The molecule has 0 aliphatic heterocycles. The Hall–Kier alpha value is -2.01. The fourth-order valence-electron chi connectivity index (χ4n) is 4.27. The number of benzene rings is 1. The number of rotatable bonds is 3. The van der Waals surface area contributed by atoms with Gasteiger partial charge in [0.1, 0.15) is 5.41 Å². The monoisotopic (exact) mass is 340 g/mol. The molecule has 1 aromatic heterocycles. The van der Waals surface area contributed by atoms with Gasteiger partial charge in [-0.15, -0.1) is 11.3 Å². The minimum Gasteiger partial charge on any atom is -0.301 e. The van der Waals surface area contributed by atoms with Gasteiger partial charge in [0.15, 0.2) is 10.9 Å². The Morgan fingerprint density at radius 3 is 2.71 bits per heavy atom. The van der Waals surface area contributed by atoms with Crippen LogP contribution in [0.4, 0.5) is 5.13 Å². The molecule has 2 bridgehead atoms. The fraction of sp³-hybridized carbons (Fsp3) is 0.421. The molecule has 2 saturated carbocycles. The molecule has 5 heteroatoms. The Morgan fingerprint density at radius 2 is 2.04 bits per heavy atom. The molecular weight excluding hydrogens is 320 g/mol. The fourth-order valence-corrected chi connectivity index (χ4v) is 4.98. The van der Waals surface area contributed by atoms with Crippen LogP contribution in [0.2, 0.25) is 0 Å². The zero-order valence-electron chi connectivity index (χ0n) is 13.8. The van der Waals surface area contributed by atoms with Crippen molar-refractivity contribution in [3.05, 3.63) is 35.7 Å². The summed E-state index contributed by atoms with van der Waals surface area (Å²) >= 11 is 1.40. The minimum atomic E-state index is -0.841. The number of fused-ring (bicyclic) bond motifs is 2. The second kappa shape index (κ2) is 5.24. The summed E-state index contributed by atoms with van der Waals surface area (Å²) < 4.78 is 0. The van der Waals surface area contributed by atoms with Crippen molar-refractivity contribution in [2.24, 2.45) is 16.7 Å². The van der Waals surface area contributed by atoms with Gasteiger partial charge >= 0.3 is 0 Å². The van der Waals surface area contributed by atoms with Crippen molar-refractivity contribution in [2.75, 3.05) is 5.32 Å². The minimum absolute atomic E-state index is 0.101. The maximum Gasteiger partial charge on any atom is 0.239 e. The highest BCUT2D eigenvalue weighted by Gasteiger charge is 2.65. The first kappa shape index (κ1) is 15.5. The normalized spacial score (nSPS) is 27.4. The van der Waals surface area contributed by atoms with Crippen molar-refractivity contribution in [3.63, 3.8) is 0 Å². The molecule has 2 aromatic rings. The van der Waals surface area contributed by atoms with E-state index in [1.807, 2.05) is 49.6 Å². The molecule has 0 spiro atoms. The molecule has 4 nitrogen and oxygen atoms in total. The van der Waals surface area contributed by atoms with Crippen LogP contribution in [0, 0.1) is 16.7 Å². The van der Waals surface area contributed by atoms with E-state index in [1.54, 1.807) is 0 Å². The lowest BCUT2D eigenvalue weighted by atomic mass is 9.70. The van der Waals surface area contributed by atoms with Crippen molar-refractivity contribution >= 4 is 28.2 Å². The molecular formula is C19H20N2O2S. The van der Waals surface area contributed by atoms with Crippen LogP contribution in [0.5, 0.6) is 0 Å². The molecule has 1 N–H and O–H groups in total. The Morgan fingerprint density at radius 1 is 1.29 bits per heavy atom. The number of carbonyl (C=O) groups is 2. The summed E-state index contributed by atoms with van der Waals surface area (Å²) in [6.07, 6.45) is 2.31. The zero-order valence-corrected chi connectivity index (χ0v) is 14.7. The van der Waals surface area contributed by atoms with Crippen molar-refractivity contribution in [3.8, 4) is 11.3 Å². The molecule has 2 unspecified atom stereocenters. The predicted molar refractivity (Wildman–Crippen MR) is 94.7 cm³/mol. The Labute approximate surface area is 145 Å². The smallest absolute Gasteiger partial charge is 0.239 e. The highest BCUT2D eigenvalue weighted by atomic mass is 32.1. The first-order valence-electron chi connectivity index (χ1n) is 8.31. The van der Waals surface area contributed by atoms with Crippen molar-refractivity contribution in [1.29, 1.82) is 0 Å². The lowest BCUT2D eigenvalue weighted by molar-refractivity contribution is -0.142. The number of nitrogens with zero attached hydrogens (tertiary/aromatic N) is 1. The quantitative estimate of drug-likeness (QED) is 0.854. The van der Waals surface area contributed by atoms with Crippen LogP contribution < -0.4 is 5.32 Å². The second-order valence-corrected chi connectivity index (χ2v) is 8.29. The molecule has 0 radical (unpaired) electrons. The van der Waals surface area contributed by atoms with Crippen LogP contribution in [0.3, 0.4) is 0 Å². The first-order valence-corrected chi connectivity index (χ1v) is 9.19. The Balaban J connectivity index is 1.56. The number of thiazole rings is 1. The summed E-state index contributed by atoms with van der Waals surface area (Å²) in [6, 6.07) is 9.86. The summed E-state index contributed by atoms with van der Waals surface area (Å²) in [6.45, 7) is 3.95. The molecule has 2 atom stereocenters. The molecule has 124 valence electrons. The van der Waals surface area contributed by atoms with Crippen LogP contribution >= 0.6 is 11.3 Å². The summed E-state index contributed by atoms with van der Waals surface area (Å²) in [7, 11) is 0. The van der Waals surface area contributed by atoms with Crippen LogP contribution in [-0.2, 0) is 9.59 Å². The zero-order chi connectivity index (χ0) is 16.9. The summed E-state index contributed by atoms with van der Waals surface area (Å²) in [4.78, 5) is 30.2. The molecule has 4 rings (SSSR count). The number of amides is 1. The third-order valence-electron chi connectivity index (χ3n) is 5.78. The third-order valence-corrected chi connectivity index (χ3v) is 6.54. The third kappa shape index (κ3) is 2.14. The Bertz CT molecular complexity index is 812. The molecule has 1 aromatic carbocycles. The van der Waals surface area contributed by atoms with Gasteiger partial charge in [-0.05, 0) is 25.2 Å². The predicted octanol–water partition coefficient (Wildman–Crippen LogP) is 4.14.